The number of amides is 1. The molecule has 0 spiro atoms. The number of hydrogen-bond donors (Lipinski definition) is 2. The third-order valence-electron chi connectivity index (χ3n) is 4.12. The maximum Gasteiger partial charge on any atom is 0.404 e. The summed E-state index contributed by atoms with van der Waals surface area (Å²) >= 11 is 8.10. The van der Waals surface area contributed by atoms with Crippen molar-refractivity contribution in [2.75, 3.05) is 6.54 Å². The van der Waals surface area contributed by atoms with Crippen LogP contribution in [-0.4, -0.2) is 28.0 Å². The molecule has 1 saturated carbocycles. The highest BCUT2D eigenvalue weighted by molar-refractivity contribution is 8.00. The Hall–Kier alpha value is -1.40. The van der Waals surface area contributed by atoms with Gasteiger partial charge in [0.1, 0.15) is 5.52 Å². The second-order valence-corrected chi connectivity index (χ2v) is 8.97. The molecule has 1 amide bonds. The van der Waals surface area contributed by atoms with E-state index in [1.54, 1.807) is 11.8 Å². The predicted molar refractivity (Wildman–Crippen MR) is 96.1 cm³/mol. The van der Waals surface area contributed by atoms with Crippen molar-refractivity contribution in [3.63, 3.8) is 0 Å². The van der Waals surface area contributed by atoms with Crippen LogP contribution in [0.2, 0.25) is 5.02 Å². The summed E-state index contributed by atoms with van der Waals surface area (Å²) in [5.41, 5.74) is 1.43. The van der Waals surface area contributed by atoms with Crippen LogP contribution in [0.1, 0.15) is 39.5 Å². The summed E-state index contributed by atoms with van der Waals surface area (Å²) in [5, 5.41) is 12.2. The summed E-state index contributed by atoms with van der Waals surface area (Å²) < 4.78 is 6.01. The number of thioether (sulfide) groups is 1. The SMILES string of the molecule is CC(C)(C)c1nc2ccc(Cl)c(SC3CC(CNC(=O)O)C3)c2o1. The van der Waals surface area contributed by atoms with Gasteiger partial charge in [0, 0.05) is 17.2 Å². The highest BCUT2D eigenvalue weighted by Crippen LogP contribution is 2.45. The number of benzene rings is 1. The van der Waals surface area contributed by atoms with E-state index in [2.05, 4.69) is 31.1 Å². The molecule has 24 heavy (non-hydrogen) atoms. The Morgan fingerprint density at radius 3 is 2.79 bits per heavy atom. The quantitative estimate of drug-likeness (QED) is 0.801. The second-order valence-electron chi connectivity index (χ2n) is 7.26. The topological polar surface area (TPSA) is 75.4 Å². The molecule has 0 atom stereocenters. The van der Waals surface area contributed by atoms with Crippen LogP contribution in [0.15, 0.2) is 21.4 Å². The number of aromatic nitrogens is 1. The smallest absolute Gasteiger partial charge is 0.404 e. The van der Waals surface area contributed by atoms with E-state index >= 15 is 0 Å². The fourth-order valence-electron chi connectivity index (χ4n) is 2.71. The molecule has 0 aliphatic heterocycles. The number of nitrogens with one attached hydrogen (secondary N) is 1. The maximum absolute atomic E-state index is 10.5. The lowest BCUT2D eigenvalue weighted by molar-refractivity contribution is 0.188. The zero-order chi connectivity index (χ0) is 17.5. The van der Waals surface area contributed by atoms with Gasteiger partial charge in [-0.3, -0.25) is 0 Å². The summed E-state index contributed by atoms with van der Waals surface area (Å²) in [5.74, 6) is 1.11. The molecule has 1 fully saturated rings. The van der Waals surface area contributed by atoms with Gasteiger partial charge in [-0.05, 0) is 30.9 Å². The van der Waals surface area contributed by atoms with Crippen LogP contribution in [0.3, 0.4) is 0 Å². The fourth-order valence-corrected chi connectivity index (χ4v) is 4.50. The molecule has 0 bridgehead atoms. The molecule has 2 N–H and O–H groups in total. The molecule has 0 unspecified atom stereocenters. The van der Waals surface area contributed by atoms with E-state index in [4.69, 9.17) is 21.1 Å². The highest BCUT2D eigenvalue weighted by atomic mass is 35.5. The average Bonchev–Trinajstić information content (AvgIpc) is 2.87. The second kappa shape index (κ2) is 6.48. The van der Waals surface area contributed by atoms with Crippen LogP contribution in [0, 0.1) is 5.92 Å². The minimum atomic E-state index is -0.963. The van der Waals surface area contributed by atoms with Gasteiger partial charge in [-0.2, -0.15) is 0 Å². The van der Waals surface area contributed by atoms with Gasteiger partial charge in [0.25, 0.3) is 0 Å². The molecule has 1 aliphatic carbocycles. The molecule has 5 nitrogen and oxygen atoms in total. The summed E-state index contributed by atoms with van der Waals surface area (Å²) in [6, 6.07) is 3.75. The standard InChI is InChI=1S/C17H21ClN2O3S/c1-17(2,3)15-20-12-5-4-11(18)14(13(12)23-15)24-10-6-9(7-10)8-19-16(21)22/h4-5,9-10,19H,6-8H2,1-3H3,(H,21,22). The monoisotopic (exact) mass is 368 g/mol. The molecule has 3 rings (SSSR count). The number of carboxylic acid groups (broad SMARTS) is 1. The summed E-state index contributed by atoms with van der Waals surface area (Å²) in [6.07, 6.45) is 0.978. The molecule has 1 heterocycles. The van der Waals surface area contributed by atoms with Crippen molar-refractivity contribution in [3.8, 4) is 0 Å². The van der Waals surface area contributed by atoms with Crippen LogP contribution in [-0.2, 0) is 5.41 Å². The van der Waals surface area contributed by atoms with E-state index in [0.29, 0.717) is 28.6 Å². The molecule has 0 radical (unpaired) electrons. The van der Waals surface area contributed by atoms with Gasteiger partial charge in [-0.15, -0.1) is 11.8 Å². The number of carbonyl (C=O) groups is 1. The van der Waals surface area contributed by atoms with E-state index < -0.39 is 6.09 Å². The van der Waals surface area contributed by atoms with E-state index in [0.717, 1.165) is 28.8 Å². The Kier molecular flexibility index (Phi) is 4.71. The van der Waals surface area contributed by atoms with Crippen molar-refractivity contribution in [2.24, 2.45) is 5.92 Å². The number of hydrogen-bond acceptors (Lipinski definition) is 4. The van der Waals surface area contributed by atoms with Crippen molar-refractivity contribution < 1.29 is 14.3 Å². The van der Waals surface area contributed by atoms with Crippen molar-refractivity contribution in [1.29, 1.82) is 0 Å². The summed E-state index contributed by atoms with van der Waals surface area (Å²) in [7, 11) is 0. The first-order chi connectivity index (χ1) is 11.2. The lowest BCUT2D eigenvalue weighted by atomic mass is 9.85. The zero-order valence-corrected chi connectivity index (χ0v) is 15.5. The van der Waals surface area contributed by atoms with Gasteiger partial charge in [0.05, 0.1) is 9.92 Å². The van der Waals surface area contributed by atoms with E-state index in [1.165, 1.54) is 0 Å². The maximum atomic E-state index is 10.5. The third kappa shape index (κ3) is 3.64. The van der Waals surface area contributed by atoms with Crippen molar-refractivity contribution >= 4 is 40.6 Å². The normalized spacial score (nSPS) is 20.8. The summed E-state index contributed by atoms with van der Waals surface area (Å²) in [6.45, 7) is 6.72. The first-order valence-corrected chi connectivity index (χ1v) is 9.23. The van der Waals surface area contributed by atoms with Crippen LogP contribution in [0.25, 0.3) is 11.1 Å². The first-order valence-electron chi connectivity index (χ1n) is 7.97. The average molecular weight is 369 g/mol. The van der Waals surface area contributed by atoms with Crippen LogP contribution < -0.4 is 5.32 Å². The van der Waals surface area contributed by atoms with Gasteiger partial charge < -0.3 is 14.8 Å². The molecule has 1 aromatic carbocycles. The van der Waals surface area contributed by atoms with Crippen molar-refractivity contribution in [2.45, 2.75) is 49.2 Å². The van der Waals surface area contributed by atoms with E-state index in [-0.39, 0.29) is 5.41 Å². The molecular formula is C17H21ClN2O3S. The third-order valence-corrected chi connectivity index (χ3v) is 5.91. The first kappa shape index (κ1) is 17.4. The minimum Gasteiger partial charge on any atom is -0.465 e. The van der Waals surface area contributed by atoms with Crippen LogP contribution in [0.4, 0.5) is 4.79 Å². The lowest BCUT2D eigenvalue weighted by Crippen LogP contribution is -2.36. The van der Waals surface area contributed by atoms with Crippen LogP contribution >= 0.6 is 23.4 Å². The van der Waals surface area contributed by atoms with E-state index in [1.807, 2.05) is 12.1 Å². The molecule has 1 aromatic heterocycles. The molecular weight excluding hydrogens is 348 g/mol. The van der Waals surface area contributed by atoms with Crippen molar-refractivity contribution in [1.82, 2.24) is 10.3 Å². The van der Waals surface area contributed by atoms with Gasteiger partial charge in [0.15, 0.2) is 5.58 Å². The Balaban J connectivity index is 1.74. The van der Waals surface area contributed by atoms with Crippen molar-refractivity contribution in [3.05, 3.63) is 23.0 Å². The van der Waals surface area contributed by atoms with E-state index in [9.17, 15) is 4.79 Å². The minimum absolute atomic E-state index is 0.155. The Labute approximate surface area is 150 Å². The molecule has 2 aromatic rings. The Bertz CT molecular complexity index is 763. The summed E-state index contributed by atoms with van der Waals surface area (Å²) in [4.78, 5) is 16.1. The number of rotatable bonds is 4. The largest absolute Gasteiger partial charge is 0.465 e. The zero-order valence-electron chi connectivity index (χ0n) is 13.9. The van der Waals surface area contributed by atoms with Gasteiger partial charge in [0.2, 0.25) is 5.89 Å². The Morgan fingerprint density at radius 1 is 1.46 bits per heavy atom. The highest BCUT2D eigenvalue weighted by Gasteiger charge is 2.32. The van der Waals surface area contributed by atoms with Gasteiger partial charge >= 0.3 is 6.09 Å². The molecule has 1 aliphatic rings. The molecule has 7 heteroatoms. The van der Waals surface area contributed by atoms with Crippen LogP contribution in [0.5, 0.6) is 0 Å². The molecule has 130 valence electrons. The number of halogens is 1. The lowest BCUT2D eigenvalue weighted by Gasteiger charge is -2.34. The number of oxazole rings is 1. The van der Waals surface area contributed by atoms with Gasteiger partial charge in [-0.25, -0.2) is 9.78 Å². The predicted octanol–water partition coefficient (Wildman–Crippen LogP) is 4.92. The Morgan fingerprint density at radius 2 is 2.17 bits per heavy atom. The fraction of sp³-hybridized carbons (Fsp3) is 0.529. The molecule has 0 saturated heterocycles. The van der Waals surface area contributed by atoms with Gasteiger partial charge in [-0.1, -0.05) is 32.4 Å². The number of fused-ring (bicyclic) bond motifs is 1. The number of nitrogens with zero attached hydrogens (tertiary/aromatic N) is 1.